The number of hydrogen-bond donors (Lipinski definition) is 2. The minimum absolute atomic E-state index is 0.314. The number of carbonyl (C=O) groups is 1. The summed E-state index contributed by atoms with van der Waals surface area (Å²) in [7, 11) is 0. The summed E-state index contributed by atoms with van der Waals surface area (Å²) in [6.07, 6.45) is 2.84. The summed E-state index contributed by atoms with van der Waals surface area (Å²) in [5.74, 6) is -0.898. The van der Waals surface area contributed by atoms with Crippen LogP contribution >= 0.6 is 11.3 Å². The van der Waals surface area contributed by atoms with Crippen LogP contribution in [0.2, 0.25) is 0 Å². The minimum atomic E-state index is -0.898. The van der Waals surface area contributed by atoms with E-state index in [9.17, 15) is 4.79 Å². The molecular formula is C14H16N2O2S. The smallest absolute Gasteiger partial charge is 0.335 e. The fourth-order valence-corrected chi connectivity index (χ4v) is 2.57. The molecule has 0 aliphatic heterocycles. The SMILES string of the molecule is CCc1ncc(CNc2ccc(C(=O)O)cc2C)s1. The number of hydrogen-bond acceptors (Lipinski definition) is 4. The second kappa shape index (κ2) is 5.84. The maximum Gasteiger partial charge on any atom is 0.335 e. The second-order valence-corrected chi connectivity index (χ2v) is 5.46. The van der Waals surface area contributed by atoms with Gasteiger partial charge in [-0.25, -0.2) is 9.78 Å². The highest BCUT2D eigenvalue weighted by Crippen LogP contribution is 2.19. The van der Waals surface area contributed by atoms with Gasteiger partial charge in [0.25, 0.3) is 0 Å². The average molecular weight is 276 g/mol. The Morgan fingerprint density at radius 3 is 2.84 bits per heavy atom. The van der Waals surface area contributed by atoms with Crippen LogP contribution in [-0.2, 0) is 13.0 Å². The van der Waals surface area contributed by atoms with E-state index in [1.165, 1.54) is 4.88 Å². The van der Waals surface area contributed by atoms with Gasteiger partial charge in [0.05, 0.1) is 17.1 Å². The molecule has 0 saturated carbocycles. The summed E-state index contributed by atoms with van der Waals surface area (Å²) in [5, 5.41) is 13.4. The fourth-order valence-electron chi connectivity index (χ4n) is 1.77. The number of carboxylic acids is 1. The molecule has 0 bridgehead atoms. The lowest BCUT2D eigenvalue weighted by Crippen LogP contribution is -2.02. The van der Waals surface area contributed by atoms with Gasteiger partial charge in [-0.2, -0.15) is 0 Å². The third-order valence-corrected chi connectivity index (χ3v) is 3.97. The fraction of sp³-hybridized carbons (Fsp3) is 0.286. The average Bonchev–Trinajstić information content (AvgIpc) is 2.85. The second-order valence-electron chi connectivity index (χ2n) is 4.26. The summed E-state index contributed by atoms with van der Waals surface area (Å²) < 4.78 is 0. The number of aromatic nitrogens is 1. The number of aryl methyl sites for hydroxylation is 2. The number of carboxylic acid groups (broad SMARTS) is 1. The van der Waals surface area contributed by atoms with Gasteiger partial charge < -0.3 is 10.4 Å². The highest BCUT2D eigenvalue weighted by atomic mass is 32.1. The molecule has 0 aliphatic rings. The topological polar surface area (TPSA) is 62.2 Å². The molecule has 0 fully saturated rings. The summed E-state index contributed by atoms with van der Waals surface area (Å²) in [6, 6.07) is 5.09. The number of rotatable bonds is 5. The van der Waals surface area contributed by atoms with Gasteiger partial charge in [0.15, 0.2) is 0 Å². The molecule has 100 valence electrons. The van der Waals surface area contributed by atoms with Crippen LogP contribution in [0.3, 0.4) is 0 Å². The van der Waals surface area contributed by atoms with Gasteiger partial charge in [0, 0.05) is 16.8 Å². The third-order valence-electron chi connectivity index (χ3n) is 2.83. The molecule has 5 heteroatoms. The maximum atomic E-state index is 10.9. The van der Waals surface area contributed by atoms with E-state index >= 15 is 0 Å². The molecule has 0 aliphatic carbocycles. The molecular weight excluding hydrogens is 260 g/mol. The van der Waals surface area contributed by atoms with Gasteiger partial charge in [0.2, 0.25) is 0 Å². The van der Waals surface area contributed by atoms with E-state index in [1.807, 2.05) is 13.1 Å². The summed E-state index contributed by atoms with van der Waals surface area (Å²) in [4.78, 5) is 16.3. The Kier molecular flexibility index (Phi) is 4.16. The van der Waals surface area contributed by atoms with Crippen molar-refractivity contribution >= 4 is 23.0 Å². The minimum Gasteiger partial charge on any atom is -0.478 e. The van der Waals surface area contributed by atoms with Crippen molar-refractivity contribution in [2.75, 3.05) is 5.32 Å². The number of benzene rings is 1. The zero-order valence-electron chi connectivity index (χ0n) is 10.9. The first-order valence-electron chi connectivity index (χ1n) is 6.11. The van der Waals surface area contributed by atoms with E-state index in [0.29, 0.717) is 12.1 Å². The number of nitrogens with one attached hydrogen (secondary N) is 1. The lowest BCUT2D eigenvalue weighted by molar-refractivity contribution is 0.0697. The molecule has 4 nitrogen and oxygen atoms in total. The van der Waals surface area contributed by atoms with Crippen molar-refractivity contribution in [2.45, 2.75) is 26.8 Å². The molecule has 0 amide bonds. The molecule has 0 atom stereocenters. The highest BCUT2D eigenvalue weighted by molar-refractivity contribution is 7.11. The Bertz CT molecular complexity index is 593. The predicted octanol–water partition coefficient (Wildman–Crippen LogP) is 3.32. The number of nitrogens with zero attached hydrogens (tertiary/aromatic N) is 1. The Labute approximate surface area is 116 Å². The standard InChI is InChI=1S/C14H16N2O2S/c1-3-13-16-8-11(19-13)7-15-12-5-4-10(14(17)18)6-9(12)2/h4-6,8,15H,3,7H2,1-2H3,(H,17,18). The summed E-state index contributed by atoms with van der Waals surface area (Å²) >= 11 is 1.70. The van der Waals surface area contributed by atoms with Crippen LogP contribution in [0.25, 0.3) is 0 Å². The summed E-state index contributed by atoms with van der Waals surface area (Å²) in [5.41, 5.74) is 2.20. The number of thiazole rings is 1. The highest BCUT2D eigenvalue weighted by Gasteiger charge is 2.06. The predicted molar refractivity (Wildman–Crippen MR) is 77.0 cm³/mol. The first kappa shape index (κ1) is 13.5. The molecule has 2 N–H and O–H groups in total. The van der Waals surface area contributed by atoms with E-state index in [1.54, 1.807) is 29.5 Å². The van der Waals surface area contributed by atoms with Crippen LogP contribution in [0.5, 0.6) is 0 Å². The van der Waals surface area contributed by atoms with E-state index in [0.717, 1.165) is 22.7 Å². The largest absolute Gasteiger partial charge is 0.478 e. The van der Waals surface area contributed by atoms with Crippen molar-refractivity contribution in [1.29, 1.82) is 0 Å². The Morgan fingerprint density at radius 2 is 2.26 bits per heavy atom. The molecule has 0 saturated heterocycles. The van der Waals surface area contributed by atoms with Gasteiger partial charge in [-0.3, -0.25) is 0 Å². The molecule has 1 aromatic heterocycles. The van der Waals surface area contributed by atoms with Crippen LogP contribution in [0, 0.1) is 6.92 Å². The lowest BCUT2D eigenvalue weighted by Gasteiger charge is -2.08. The van der Waals surface area contributed by atoms with Gasteiger partial charge in [0.1, 0.15) is 0 Å². The Morgan fingerprint density at radius 1 is 1.47 bits per heavy atom. The number of aromatic carboxylic acids is 1. The van der Waals surface area contributed by atoms with Gasteiger partial charge in [-0.15, -0.1) is 11.3 Å². The van der Waals surface area contributed by atoms with Crippen LogP contribution in [0.4, 0.5) is 5.69 Å². The van der Waals surface area contributed by atoms with Crippen molar-refractivity contribution in [1.82, 2.24) is 4.98 Å². The van der Waals surface area contributed by atoms with Gasteiger partial charge in [-0.1, -0.05) is 6.92 Å². The lowest BCUT2D eigenvalue weighted by atomic mass is 10.1. The molecule has 2 rings (SSSR count). The molecule has 1 heterocycles. The van der Waals surface area contributed by atoms with Crippen molar-refractivity contribution < 1.29 is 9.90 Å². The zero-order chi connectivity index (χ0) is 13.8. The van der Waals surface area contributed by atoms with E-state index < -0.39 is 5.97 Å². The maximum absolute atomic E-state index is 10.9. The first-order chi connectivity index (χ1) is 9.10. The molecule has 19 heavy (non-hydrogen) atoms. The molecule has 1 aromatic carbocycles. The van der Waals surface area contributed by atoms with E-state index in [-0.39, 0.29) is 0 Å². The zero-order valence-corrected chi connectivity index (χ0v) is 11.8. The van der Waals surface area contributed by atoms with Crippen molar-refractivity contribution in [2.24, 2.45) is 0 Å². The van der Waals surface area contributed by atoms with Crippen LogP contribution < -0.4 is 5.32 Å². The molecule has 0 unspecified atom stereocenters. The van der Waals surface area contributed by atoms with Crippen molar-refractivity contribution in [3.8, 4) is 0 Å². The Hall–Kier alpha value is -1.88. The van der Waals surface area contributed by atoms with E-state index in [2.05, 4.69) is 17.2 Å². The van der Waals surface area contributed by atoms with Gasteiger partial charge in [-0.05, 0) is 37.1 Å². The normalized spacial score (nSPS) is 10.4. The van der Waals surface area contributed by atoms with E-state index in [4.69, 9.17) is 5.11 Å². The first-order valence-corrected chi connectivity index (χ1v) is 6.93. The summed E-state index contributed by atoms with van der Waals surface area (Å²) in [6.45, 7) is 4.70. The monoisotopic (exact) mass is 276 g/mol. The third kappa shape index (κ3) is 3.32. The number of anilines is 1. The van der Waals surface area contributed by atoms with Gasteiger partial charge >= 0.3 is 5.97 Å². The Balaban J connectivity index is 2.05. The molecule has 0 radical (unpaired) electrons. The van der Waals surface area contributed by atoms with Crippen LogP contribution in [0.15, 0.2) is 24.4 Å². The van der Waals surface area contributed by atoms with Crippen molar-refractivity contribution in [3.05, 3.63) is 45.4 Å². The quantitative estimate of drug-likeness (QED) is 0.879. The molecule has 0 spiro atoms. The molecule has 2 aromatic rings. The van der Waals surface area contributed by atoms with Crippen LogP contribution in [-0.4, -0.2) is 16.1 Å². The van der Waals surface area contributed by atoms with Crippen LogP contribution in [0.1, 0.15) is 32.7 Å². The van der Waals surface area contributed by atoms with Crippen molar-refractivity contribution in [3.63, 3.8) is 0 Å².